The number of thiazole rings is 1. The number of nitro groups is 1. The van der Waals surface area contributed by atoms with Crippen molar-refractivity contribution in [1.82, 2.24) is 4.98 Å². The number of phenols is 1. The number of hydrogen-bond acceptors (Lipinski definition) is 8. The summed E-state index contributed by atoms with van der Waals surface area (Å²) in [7, 11) is 0. The summed E-state index contributed by atoms with van der Waals surface area (Å²) < 4.78 is 1.70. The lowest BCUT2D eigenvalue weighted by Crippen LogP contribution is -2.15. The average Bonchev–Trinajstić information content (AvgIpc) is 3.21. The van der Waals surface area contributed by atoms with Gasteiger partial charge in [-0.1, -0.05) is 29.5 Å². The fraction of sp³-hybridized carbons (Fsp3) is 0.160. The van der Waals surface area contributed by atoms with Crippen LogP contribution in [0.2, 0.25) is 0 Å². The first-order chi connectivity index (χ1) is 16.7. The number of nitrogens with zero attached hydrogens (tertiary/aromatic N) is 3. The van der Waals surface area contributed by atoms with Crippen LogP contribution in [0.4, 0.5) is 17.1 Å². The van der Waals surface area contributed by atoms with E-state index in [1.807, 2.05) is 45.0 Å². The second kappa shape index (κ2) is 10.2. The van der Waals surface area contributed by atoms with Crippen LogP contribution in [0.5, 0.6) is 5.75 Å². The van der Waals surface area contributed by atoms with Gasteiger partial charge in [-0.15, -0.1) is 11.3 Å². The fourth-order valence-electron chi connectivity index (χ4n) is 3.63. The Morgan fingerprint density at radius 2 is 1.91 bits per heavy atom. The van der Waals surface area contributed by atoms with Gasteiger partial charge in [0.25, 0.3) is 0 Å². The Morgan fingerprint density at radius 3 is 2.63 bits per heavy atom. The van der Waals surface area contributed by atoms with Gasteiger partial charge < -0.3 is 10.4 Å². The first-order valence-corrected chi connectivity index (χ1v) is 12.4. The minimum Gasteiger partial charge on any atom is -0.502 e. The van der Waals surface area contributed by atoms with Crippen LogP contribution in [0, 0.1) is 30.9 Å². The smallest absolute Gasteiger partial charge is 0.311 e. The Morgan fingerprint density at radius 1 is 1.17 bits per heavy atom. The Kier molecular flexibility index (Phi) is 7.13. The maximum Gasteiger partial charge on any atom is 0.311 e. The standard InChI is InChI=1S/C25H22N4O4S2/c1-14-8-15(2)24(16(3)9-14)28-23(31)13-34-25-27-19-6-5-18(11-22(19)35-25)26-12-17-4-7-21(30)20(10-17)29(32)33/h4-12,30H,13H2,1-3H3,(H,28,31). The lowest BCUT2D eigenvalue weighted by Gasteiger charge is -2.12. The molecule has 2 N–H and O–H groups in total. The molecule has 0 atom stereocenters. The number of aromatic hydroxyl groups is 1. The maximum absolute atomic E-state index is 12.5. The maximum atomic E-state index is 12.5. The van der Waals surface area contributed by atoms with Crippen molar-refractivity contribution >= 4 is 62.5 Å². The molecular formula is C25H22N4O4S2. The van der Waals surface area contributed by atoms with Gasteiger partial charge in [-0.2, -0.15) is 0 Å². The van der Waals surface area contributed by atoms with Gasteiger partial charge in [0.2, 0.25) is 5.91 Å². The summed E-state index contributed by atoms with van der Waals surface area (Å²) in [5, 5.41) is 23.6. The molecule has 10 heteroatoms. The molecule has 0 bridgehead atoms. The number of carbonyl (C=O) groups excluding carboxylic acids is 1. The van der Waals surface area contributed by atoms with E-state index in [4.69, 9.17) is 0 Å². The van der Waals surface area contributed by atoms with Crippen molar-refractivity contribution in [3.8, 4) is 5.75 Å². The topological polar surface area (TPSA) is 118 Å². The van der Waals surface area contributed by atoms with Crippen molar-refractivity contribution in [3.63, 3.8) is 0 Å². The molecule has 3 aromatic carbocycles. The number of thioether (sulfide) groups is 1. The highest BCUT2D eigenvalue weighted by atomic mass is 32.2. The fourth-order valence-corrected chi connectivity index (χ4v) is 5.53. The summed E-state index contributed by atoms with van der Waals surface area (Å²) in [5.41, 5.74) is 5.69. The van der Waals surface area contributed by atoms with Crippen LogP contribution in [-0.4, -0.2) is 32.9 Å². The monoisotopic (exact) mass is 506 g/mol. The van der Waals surface area contributed by atoms with Gasteiger partial charge in [-0.05, 0) is 67.8 Å². The van der Waals surface area contributed by atoms with Crippen LogP contribution < -0.4 is 5.32 Å². The summed E-state index contributed by atoms with van der Waals surface area (Å²) in [6.45, 7) is 6.00. The zero-order valence-electron chi connectivity index (χ0n) is 19.2. The molecule has 1 amide bonds. The second-order valence-electron chi connectivity index (χ2n) is 8.01. The van der Waals surface area contributed by atoms with Crippen molar-refractivity contribution in [2.75, 3.05) is 11.1 Å². The van der Waals surface area contributed by atoms with Gasteiger partial charge in [0.1, 0.15) is 0 Å². The molecule has 0 unspecified atom stereocenters. The molecule has 0 aliphatic heterocycles. The third-order valence-corrected chi connectivity index (χ3v) is 7.34. The number of carbonyl (C=O) groups is 1. The number of amides is 1. The number of rotatable bonds is 7. The van der Waals surface area contributed by atoms with E-state index in [0.717, 1.165) is 36.9 Å². The highest BCUT2D eigenvalue weighted by molar-refractivity contribution is 8.01. The molecule has 1 aromatic heterocycles. The zero-order chi connectivity index (χ0) is 25.1. The Bertz CT molecular complexity index is 1460. The number of aryl methyl sites for hydroxylation is 3. The molecule has 0 aliphatic rings. The minimum absolute atomic E-state index is 0.0856. The highest BCUT2D eigenvalue weighted by Gasteiger charge is 2.13. The normalized spacial score (nSPS) is 11.3. The molecule has 1 heterocycles. The van der Waals surface area contributed by atoms with Crippen molar-refractivity contribution in [2.24, 2.45) is 4.99 Å². The molecule has 4 rings (SSSR count). The number of nitro benzene ring substituents is 1. The van der Waals surface area contributed by atoms with E-state index in [9.17, 15) is 20.0 Å². The van der Waals surface area contributed by atoms with E-state index >= 15 is 0 Å². The molecule has 8 nitrogen and oxygen atoms in total. The predicted octanol–water partition coefficient (Wildman–Crippen LogP) is 6.32. The molecule has 0 fully saturated rings. The number of hydrogen-bond donors (Lipinski definition) is 2. The molecule has 0 saturated heterocycles. The number of aliphatic imine (C=N–C) groups is 1. The SMILES string of the molecule is Cc1cc(C)c(NC(=O)CSc2nc3ccc(N=Cc4ccc(O)c([N+](=O)[O-])c4)cc3s2)c(C)c1. The number of phenolic OH excluding ortho intramolecular Hbond substituents is 1. The van der Waals surface area contributed by atoms with Crippen molar-refractivity contribution in [3.05, 3.63) is 80.9 Å². The summed E-state index contributed by atoms with van der Waals surface area (Å²) in [6, 6.07) is 13.7. The van der Waals surface area contributed by atoms with Crippen LogP contribution in [0.15, 0.2) is 57.9 Å². The third kappa shape index (κ3) is 5.84. The van der Waals surface area contributed by atoms with Crippen LogP contribution in [0.1, 0.15) is 22.3 Å². The number of anilines is 1. The molecule has 0 spiro atoms. The average molecular weight is 507 g/mol. The molecule has 0 aliphatic carbocycles. The lowest BCUT2D eigenvalue weighted by molar-refractivity contribution is -0.385. The second-order valence-corrected chi connectivity index (χ2v) is 10.3. The van der Waals surface area contributed by atoms with Crippen LogP contribution in [-0.2, 0) is 4.79 Å². The molecule has 0 radical (unpaired) electrons. The van der Waals surface area contributed by atoms with Gasteiger partial charge in [-0.3, -0.25) is 19.9 Å². The quantitative estimate of drug-likeness (QED) is 0.131. The number of aromatic nitrogens is 1. The van der Waals surface area contributed by atoms with E-state index in [2.05, 4.69) is 15.3 Å². The van der Waals surface area contributed by atoms with Crippen LogP contribution in [0.25, 0.3) is 10.2 Å². The third-order valence-electron chi connectivity index (χ3n) is 5.18. The van der Waals surface area contributed by atoms with Crippen LogP contribution in [0.3, 0.4) is 0 Å². The Hall–Kier alpha value is -3.76. The lowest BCUT2D eigenvalue weighted by atomic mass is 10.1. The molecule has 35 heavy (non-hydrogen) atoms. The number of benzene rings is 3. The van der Waals surface area contributed by atoms with E-state index < -0.39 is 4.92 Å². The summed E-state index contributed by atoms with van der Waals surface area (Å²) in [6.07, 6.45) is 1.50. The first kappa shape index (κ1) is 24.4. The van der Waals surface area contributed by atoms with Gasteiger partial charge >= 0.3 is 5.69 Å². The van der Waals surface area contributed by atoms with E-state index in [0.29, 0.717) is 11.3 Å². The van der Waals surface area contributed by atoms with Crippen molar-refractivity contribution in [1.29, 1.82) is 0 Å². The molecule has 0 saturated carbocycles. The van der Waals surface area contributed by atoms with E-state index in [1.165, 1.54) is 41.4 Å². The van der Waals surface area contributed by atoms with Crippen molar-refractivity contribution < 1.29 is 14.8 Å². The van der Waals surface area contributed by atoms with Gasteiger partial charge in [0.05, 0.1) is 26.6 Å². The molecule has 178 valence electrons. The Balaban J connectivity index is 1.43. The zero-order valence-corrected chi connectivity index (χ0v) is 20.9. The van der Waals surface area contributed by atoms with Gasteiger partial charge in [0.15, 0.2) is 10.1 Å². The first-order valence-electron chi connectivity index (χ1n) is 10.6. The minimum atomic E-state index is -0.640. The van der Waals surface area contributed by atoms with E-state index in [-0.39, 0.29) is 23.1 Å². The van der Waals surface area contributed by atoms with Gasteiger partial charge in [0, 0.05) is 18.0 Å². The Labute approximate surface area is 209 Å². The highest BCUT2D eigenvalue weighted by Crippen LogP contribution is 2.32. The predicted molar refractivity (Wildman–Crippen MR) is 142 cm³/mol. The number of fused-ring (bicyclic) bond motifs is 1. The number of nitrogens with one attached hydrogen (secondary N) is 1. The van der Waals surface area contributed by atoms with Gasteiger partial charge in [-0.25, -0.2) is 4.98 Å². The van der Waals surface area contributed by atoms with E-state index in [1.54, 1.807) is 12.1 Å². The summed E-state index contributed by atoms with van der Waals surface area (Å²) >= 11 is 2.85. The largest absolute Gasteiger partial charge is 0.502 e. The van der Waals surface area contributed by atoms with Crippen LogP contribution >= 0.6 is 23.1 Å². The molecular weight excluding hydrogens is 484 g/mol. The van der Waals surface area contributed by atoms with Crippen molar-refractivity contribution in [2.45, 2.75) is 25.1 Å². The summed E-state index contributed by atoms with van der Waals surface area (Å²) in [5.74, 6) is -0.226. The molecule has 4 aromatic rings. The summed E-state index contributed by atoms with van der Waals surface area (Å²) in [4.78, 5) is 31.8.